The fourth-order valence-electron chi connectivity index (χ4n) is 3.59. The first-order chi connectivity index (χ1) is 16.6. The van der Waals surface area contributed by atoms with Crippen LogP contribution in [0.4, 0.5) is 11.7 Å². The third kappa shape index (κ3) is 4.45. The van der Waals surface area contributed by atoms with Gasteiger partial charge in [0.2, 0.25) is 0 Å². The number of hydrogen-bond donors (Lipinski definition) is 1. The highest BCUT2D eigenvalue weighted by molar-refractivity contribution is 6.03. The Morgan fingerprint density at radius 3 is 2.12 bits per heavy atom. The van der Waals surface area contributed by atoms with Crippen molar-refractivity contribution < 1.29 is 13.6 Å². The molecule has 0 unspecified atom stereocenters. The molecule has 0 aliphatic carbocycles. The van der Waals surface area contributed by atoms with Crippen LogP contribution in [0.2, 0.25) is 0 Å². The van der Waals surface area contributed by atoms with Crippen LogP contribution in [0.1, 0.15) is 10.4 Å². The third-order valence-corrected chi connectivity index (χ3v) is 5.44. The molecule has 0 fully saturated rings. The number of carbonyl (C=O) groups is 1. The van der Waals surface area contributed by atoms with Gasteiger partial charge < -0.3 is 13.7 Å². The summed E-state index contributed by atoms with van der Waals surface area (Å²) in [5, 5.41) is 10.4. The van der Waals surface area contributed by atoms with Gasteiger partial charge in [-0.05, 0) is 58.7 Å². The maximum atomic E-state index is 12.7. The molecule has 0 radical (unpaired) electrons. The lowest BCUT2D eigenvalue weighted by Gasteiger charge is -2.13. The van der Waals surface area contributed by atoms with Gasteiger partial charge in [0.1, 0.15) is 0 Å². The van der Waals surface area contributed by atoms with Crippen molar-refractivity contribution in [3.63, 3.8) is 0 Å². The highest BCUT2D eigenvalue weighted by Gasteiger charge is 2.15. The topological polar surface area (TPSA) is 84.4 Å². The average Bonchev–Trinajstić information content (AvgIpc) is 3.57. The summed E-state index contributed by atoms with van der Waals surface area (Å²) < 4.78 is 10.7. The summed E-state index contributed by atoms with van der Waals surface area (Å²) in [5.74, 6) is 0.298. The Kier molecular flexibility index (Phi) is 5.66. The molecular weight excluding hydrogens is 428 g/mol. The smallest absolute Gasteiger partial charge is 0.322 e. The Labute approximate surface area is 196 Å². The van der Waals surface area contributed by atoms with Gasteiger partial charge in [-0.15, -0.1) is 5.10 Å². The van der Waals surface area contributed by atoms with Crippen molar-refractivity contribution in [2.24, 2.45) is 0 Å². The van der Waals surface area contributed by atoms with Crippen LogP contribution >= 0.6 is 0 Å². The van der Waals surface area contributed by atoms with Gasteiger partial charge in [-0.25, -0.2) is 0 Å². The standard InChI is InChI=1S/C27H22N4O3/c1-31(2)23-14-12-19(13-15-23)18-8-10-20(11-9-18)21-5-3-6-22(17-21)25(32)28-27-30-29-26(34-27)24-7-4-16-33-24/h3-17H,1-2H3,(H,28,30,32). The zero-order valence-electron chi connectivity index (χ0n) is 18.7. The first kappa shape index (κ1) is 21.2. The first-order valence-corrected chi connectivity index (χ1v) is 10.7. The Hall–Kier alpha value is -4.65. The normalized spacial score (nSPS) is 10.8. The maximum absolute atomic E-state index is 12.7. The highest BCUT2D eigenvalue weighted by Crippen LogP contribution is 2.27. The van der Waals surface area contributed by atoms with Gasteiger partial charge in [0.25, 0.3) is 11.8 Å². The molecule has 5 rings (SSSR count). The number of anilines is 2. The van der Waals surface area contributed by atoms with Gasteiger partial charge in [-0.3, -0.25) is 10.1 Å². The van der Waals surface area contributed by atoms with Crippen LogP contribution < -0.4 is 10.2 Å². The van der Waals surface area contributed by atoms with Crippen LogP contribution in [-0.2, 0) is 0 Å². The predicted octanol–water partition coefficient (Wildman–Crippen LogP) is 5.98. The Morgan fingerprint density at radius 2 is 1.47 bits per heavy atom. The van der Waals surface area contributed by atoms with Crippen molar-refractivity contribution in [2.45, 2.75) is 0 Å². The number of rotatable bonds is 6. The molecule has 0 aliphatic heterocycles. The van der Waals surface area contributed by atoms with Crippen molar-refractivity contribution in [3.8, 4) is 33.9 Å². The summed E-state index contributed by atoms with van der Waals surface area (Å²) in [6, 6.07) is 27.5. The summed E-state index contributed by atoms with van der Waals surface area (Å²) in [4.78, 5) is 14.8. The van der Waals surface area contributed by atoms with Crippen molar-refractivity contribution in [3.05, 3.63) is 96.8 Å². The van der Waals surface area contributed by atoms with E-state index in [2.05, 4.69) is 68.9 Å². The molecule has 0 saturated heterocycles. The Bertz CT molecular complexity index is 1400. The van der Waals surface area contributed by atoms with Crippen LogP contribution in [0.25, 0.3) is 33.9 Å². The van der Waals surface area contributed by atoms with Crippen LogP contribution in [0, 0.1) is 0 Å². The zero-order chi connectivity index (χ0) is 23.5. The van der Waals surface area contributed by atoms with Gasteiger partial charge in [-0.2, -0.15) is 0 Å². The molecule has 2 heterocycles. The minimum atomic E-state index is -0.339. The van der Waals surface area contributed by atoms with Gasteiger partial charge in [0, 0.05) is 25.3 Å². The molecule has 0 atom stereocenters. The van der Waals surface area contributed by atoms with E-state index >= 15 is 0 Å². The van der Waals surface area contributed by atoms with Gasteiger partial charge in [0.15, 0.2) is 5.76 Å². The van der Waals surface area contributed by atoms with Crippen molar-refractivity contribution in [1.29, 1.82) is 0 Å². The van der Waals surface area contributed by atoms with Crippen LogP contribution in [0.15, 0.2) is 100 Å². The number of furan rings is 1. The summed E-state index contributed by atoms with van der Waals surface area (Å²) in [5.41, 5.74) is 5.88. The first-order valence-electron chi connectivity index (χ1n) is 10.7. The van der Waals surface area contributed by atoms with Crippen LogP contribution in [-0.4, -0.2) is 30.2 Å². The highest BCUT2D eigenvalue weighted by atomic mass is 16.4. The zero-order valence-corrected chi connectivity index (χ0v) is 18.7. The molecule has 2 aromatic heterocycles. The molecule has 34 heavy (non-hydrogen) atoms. The van der Waals surface area contributed by atoms with Gasteiger partial charge >= 0.3 is 6.01 Å². The number of carbonyl (C=O) groups excluding carboxylic acids is 1. The van der Waals surface area contributed by atoms with Crippen LogP contribution in [0.3, 0.4) is 0 Å². The number of nitrogens with one attached hydrogen (secondary N) is 1. The largest absolute Gasteiger partial charge is 0.459 e. The molecule has 0 spiro atoms. The molecule has 0 bridgehead atoms. The molecule has 7 nitrogen and oxygen atoms in total. The second-order valence-corrected chi connectivity index (χ2v) is 7.94. The van der Waals surface area contributed by atoms with E-state index < -0.39 is 0 Å². The fraction of sp³-hybridized carbons (Fsp3) is 0.0741. The Morgan fingerprint density at radius 1 is 0.794 bits per heavy atom. The summed E-state index contributed by atoms with van der Waals surface area (Å²) in [7, 11) is 4.05. The van der Waals surface area contributed by atoms with Gasteiger partial charge in [0.05, 0.1) is 6.26 Å². The third-order valence-electron chi connectivity index (χ3n) is 5.44. The van der Waals surface area contributed by atoms with Crippen molar-refractivity contribution >= 4 is 17.6 Å². The predicted molar refractivity (Wildman–Crippen MR) is 132 cm³/mol. The van der Waals surface area contributed by atoms with E-state index in [4.69, 9.17) is 8.83 Å². The maximum Gasteiger partial charge on any atom is 0.322 e. The van der Waals surface area contributed by atoms with E-state index in [1.807, 2.05) is 32.3 Å². The van der Waals surface area contributed by atoms with Gasteiger partial charge in [-0.1, -0.05) is 53.6 Å². The van der Waals surface area contributed by atoms with E-state index in [9.17, 15) is 4.79 Å². The number of hydrogen-bond acceptors (Lipinski definition) is 6. The summed E-state index contributed by atoms with van der Waals surface area (Å²) >= 11 is 0. The number of nitrogens with zero attached hydrogens (tertiary/aromatic N) is 3. The molecule has 1 N–H and O–H groups in total. The lowest BCUT2D eigenvalue weighted by atomic mass is 9.99. The summed E-state index contributed by atoms with van der Waals surface area (Å²) in [6.07, 6.45) is 1.51. The molecule has 7 heteroatoms. The quantitative estimate of drug-likeness (QED) is 0.342. The molecule has 168 valence electrons. The van der Waals surface area contributed by atoms with Crippen molar-refractivity contribution in [1.82, 2.24) is 10.2 Å². The second-order valence-electron chi connectivity index (χ2n) is 7.94. The van der Waals surface area contributed by atoms with E-state index in [0.717, 1.165) is 27.9 Å². The van der Waals surface area contributed by atoms with Crippen molar-refractivity contribution in [2.75, 3.05) is 24.3 Å². The molecular formula is C27H22N4O3. The fourth-order valence-corrected chi connectivity index (χ4v) is 3.59. The number of amides is 1. The number of aromatic nitrogens is 2. The number of benzene rings is 3. The lowest BCUT2D eigenvalue weighted by Crippen LogP contribution is -2.12. The van der Waals surface area contributed by atoms with Crippen LogP contribution in [0.5, 0.6) is 0 Å². The van der Waals surface area contributed by atoms with E-state index in [-0.39, 0.29) is 17.8 Å². The second kappa shape index (κ2) is 9.07. The monoisotopic (exact) mass is 450 g/mol. The van der Waals surface area contributed by atoms with E-state index in [1.54, 1.807) is 18.2 Å². The molecule has 5 aromatic rings. The summed E-state index contributed by atoms with van der Waals surface area (Å²) in [6.45, 7) is 0. The minimum Gasteiger partial charge on any atom is -0.459 e. The molecule has 3 aromatic carbocycles. The Balaban J connectivity index is 1.31. The SMILES string of the molecule is CN(C)c1ccc(-c2ccc(-c3cccc(C(=O)Nc4nnc(-c5ccco5)o4)c3)cc2)cc1. The molecule has 0 aliphatic rings. The molecule has 0 saturated carbocycles. The van der Waals surface area contributed by atoms with E-state index in [1.165, 1.54) is 6.26 Å². The molecule has 1 amide bonds. The lowest BCUT2D eigenvalue weighted by molar-refractivity contribution is 0.102. The van der Waals surface area contributed by atoms with E-state index in [0.29, 0.717) is 11.3 Å². The minimum absolute atomic E-state index is 0.00596. The average molecular weight is 450 g/mol.